The minimum absolute atomic E-state index is 0.566. The van der Waals surface area contributed by atoms with Gasteiger partial charge in [-0.1, -0.05) is 291 Å². The van der Waals surface area contributed by atoms with Gasteiger partial charge >= 0.3 is 0 Å². The summed E-state index contributed by atoms with van der Waals surface area (Å²) in [5.41, 5.74) is 18.3. The zero-order valence-electron chi connectivity index (χ0n) is 42.4. The Morgan fingerprint density at radius 2 is 0.269 bits per heavy atom. The number of hydrogen-bond donors (Lipinski definition) is 0. The van der Waals surface area contributed by atoms with Crippen LogP contribution >= 0.6 is 0 Å². The molecule has 11 aromatic carbocycles. The molecule has 78 heavy (non-hydrogen) atoms. The van der Waals surface area contributed by atoms with Crippen molar-refractivity contribution in [1.29, 1.82) is 0 Å². The Morgan fingerprint density at radius 3 is 0.500 bits per heavy atom. The van der Waals surface area contributed by atoms with Gasteiger partial charge in [-0.05, 0) is 66.8 Å². The van der Waals surface area contributed by atoms with Crippen LogP contribution in [0.4, 0.5) is 0 Å². The Kier molecular flexibility index (Phi) is 12.9. The monoisotopic (exact) mass is 996 g/mol. The molecule has 0 bridgehead atoms. The summed E-state index contributed by atoms with van der Waals surface area (Å²) in [7, 11) is 0. The molecule has 2 heterocycles. The fraction of sp³-hybridized carbons (Fsp3) is 0. The minimum atomic E-state index is 0.566. The van der Waals surface area contributed by atoms with E-state index in [9.17, 15) is 0 Å². The Morgan fingerprint density at radius 1 is 0.115 bits per heavy atom. The van der Waals surface area contributed by atoms with Gasteiger partial charge in [0.2, 0.25) is 0 Å². The molecule has 0 N–H and O–H groups in total. The highest BCUT2D eigenvalue weighted by atomic mass is 15.0. The van der Waals surface area contributed by atoms with E-state index in [1.54, 1.807) is 0 Å². The second kappa shape index (κ2) is 21.4. The van der Waals surface area contributed by atoms with E-state index in [0.717, 1.165) is 100 Å². The van der Waals surface area contributed by atoms with Crippen molar-refractivity contribution < 1.29 is 0 Å². The highest BCUT2D eigenvalue weighted by molar-refractivity contribution is 5.95. The average molecular weight is 997 g/mol. The van der Waals surface area contributed by atoms with Crippen LogP contribution in [0.1, 0.15) is 0 Å². The molecule has 0 atom stereocenters. The first-order valence-electron chi connectivity index (χ1n) is 26.1. The number of nitrogens with zero attached hydrogens (tertiary/aromatic N) is 6. The maximum atomic E-state index is 5.29. The zero-order chi connectivity index (χ0) is 52.0. The first-order valence-corrected chi connectivity index (χ1v) is 26.1. The van der Waals surface area contributed by atoms with Crippen LogP contribution < -0.4 is 0 Å². The molecule has 0 aliphatic heterocycles. The summed E-state index contributed by atoms with van der Waals surface area (Å²) in [6, 6.07) is 101. The van der Waals surface area contributed by atoms with Crippen molar-refractivity contribution in [1.82, 2.24) is 29.9 Å². The van der Waals surface area contributed by atoms with Gasteiger partial charge in [0, 0.05) is 33.4 Å². The third-order valence-corrected chi connectivity index (χ3v) is 14.1. The van der Waals surface area contributed by atoms with E-state index in [-0.39, 0.29) is 0 Å². The maximum absolute atomic E-state index is 5.29. The molecule has 366 valence electrons. The van der Waals surface area contributed by atoms with Gasteiger partial charge in [-0.15, -0.1) is 0 Å². The Balaban J connectivity index is 0.927. The molecule has 0 unspecified atom stereocenters. The molecular weight excluding hydrogens is 949 g/mol. The van der Waals surface area contributed by atoms with E-state index in [1.807, 2.05) is 24.3 Å². The molecule has 0 amide bonds. The second-order valence-electron chi connectivity index (χ2n) is 19.0. The second-order valence-corrected chi connectivity index (χ2v) is 19.0. The summed E-state index contributed by atoms with van der Waals surface area (Å²) in [4.78, 5) is 31.5. The van der Waals surface area contributed by atoms with E-state index in [0.29, 0.717) is 34.9 Å². The molecule has 0 spiro atoms. The van der Waals surface area contributed by atoms with E-state index in [1.165, 1.54) is 0 Å². The first-order chi connectivity index (χ1) is 38.6. The molecule has 0 radical (unpaired) electrons. The maximum Gasteiger partial charge on any atom is 0.164 e. The smallest absolute Gasteiger partial charge is 0.164 e. The number of hydrogen-bond acceptors (Lipinski definition) is 6. The third-order valence-electron chi connectivity index (χ3n) is 14.1. The summed E-state index contributed by atoms with van der Waals surface area (Å²) in [5, 5.41) is 0. The molecule has 0 aliphatic rings. The van der Waals surface area contributed by atoms with Crippen molar-refractivity contribution in [3.8, 4) is 135 Å². The Bertz CT molecular complexity index is 3710. The van der Waals surface area contributed by atoms with Gasteiger partial charge in [0.25, 0.3) is 0 Å². The van der Waals surface area contributed by atoms with Crippen LogP contribution in [0, 0.1) is 0 Å². The largest absolute Gasteiger partial charge is 0.208 e. The van der Waals surface area contributed by atoms with Gasteiger partial charge in [-0.3, -0.25) is 0 Å². The third kappa shape index (κ3) is 9.81. The van der Waals surface area contributed by atoms with Crippen LogP contribution in [0.5, 0.6) is 0 Å². The molecule has 0 saturated carbocycles. The van der Waals surface area contributed by atoms with Gasteiger partial charge < -0.3 is 0 Å². The van der Waals surface area contributed by atoms with Gasteiger partial charge in [0.05, 0.1) is 0 Å². The minimum Gasteiger partial charge on any atom is -0.208 e. The molecular formula is C72H48N6. The van der Waals surface area contributed by atoms with Crippen LogP contribution in [0.2, 0.25) is 0 Å². The van der Waals surface area contributed by atoms with Gasteiger partial charge in [0.1, 0.15) is 0 Å². The van der Waals surface area contributed by atoms with Crippen molar-refractivity contribution >= 4 is 0 Å². The normalized spacial score (nSPS) is 11.1. The van der Waals surface area contributed by atoms with Crippen LogP contribution in [0.15, 0.2) is 291 Å². The summed E-state index contributed by atoms with van der Waals surface area (Å²) in [6.07, 6.45) is 0. The average Bonchev–Trinajstić information content (AvgIpc) is 3.65. The standard InChI is InChI=1S/C72H48N6/c1-5-19-49(20-6-1)53-33-41-57(42-34-53)67-73-68(58-43-35-54(36-44-58)50-21-7-2-8-22-50)76-71(75-67)65-31-17-15-29-63(65)61-27-13-14-28-62(61)64-30-16-18-32-66(64)72-77-69(59-45-37-55(38-46-59)51-23-9-3-10-24-51)74-70(78-72)60-47-39-56(40-48-60)52-25-11-4-12-26-52/h1-48H. The lowest BCUT2D eigenvalue weighted by Gasteiger charge is -2.17. The number of rotatable bonds is 12. The van der Waals surface area contributed by atoms with E-state index in [4.69, 9.17) is 29.9 Å². The van der Waals surface area contributed by atoms with E-state index in [2.05, 4.69) is 267 Å². The number of benzene rings is 11. The topological polar surface area (TPSA) is 77.3 Å². The lowest BCUT2D eigenvalue weighted by molar-refractivity contribution is 1.07. The number of aromatic nitrogens is 6. The van der Waals surface area contributed by atoms with Gasteiger partial charge in [-0.25, -0.2) is 29.9 Å². The van der Waals surface area contributed by atoms with Crippen molar-refractivity contribution in [3.63, 3.8) is 0 Å². The predicted octanol–water partition coefficient (Wildman–Crippen LogP) is 18.1. The predicted molar refractivity (Wildman–Crippen MR) is 318 cm³/mol. The Hall–Kier alpha value is -10.6. The summed E-state index contributed by atoms with van der Waals surface area (Å²) >= 11 is 0. The SMILES string of the molecule is c1ccc(-c2ccc(-c3nc(-c4ccc(-c5ccccc5)cc4)nc(-c4ccccc4-c4ccccc4-c4ccccc4-c4nc(-c5ccc(-c6ccccc6)cc5)nc(-c5ccc(-c6ccccc6)cc5)n4)n3)cc2)cc1. The molecule has 0 saturated heterocycles. The van der Waals surface area contributed by atoms with E-state index < -0.39 is 0 Å². The Labute approximate surface area is 453 Å². The molecule has 2 aromatic heterocycles. The molecule has 13 rings (SSSR count). The lowest BCUT2D eigenvalue weighted by Crippen LogP contribution is -2.02. The van der Waals surface area contributed by atoms with Crippen LogP contribution in [-0.4, -0.2) is 29.9 Å². The van der Waals surface area contributed by atoms with Gasteiger partial charge in [-0.2, -0.15) is 0 Å². The van der Waals surface area contributed by atoms with Crippen molar-refractivity contribution in [2.75, 3.05) is 0 Å². The lowest BCUT2D eigenvalue weighted by atomic mass is 9.89. The summed E-state index contributed by atoms with van der Waals surface area (Å²) in [5.74, 6) is 3.47. The van der Waals surface area contributed by atoms with Crippen LogP contribution in [0.3, 0.4) is 0 Å². The summed E-state index contributed by atoms with van der Waals surface area (Å²) < 4.78 is 0. The quantitative estimate of drug-likeness (QED) is 0.121. The first kappa shape index (κ1) is 47.2. The fourth-order valence-electron chi connectivity index (χ4n) is 10.1. The van der Waals surface area contributed by atoms with Crippen molar-refractivity contribution in [2.45, 2.75) is 0 Å². The van der Waals surface area contributed by atoms with Crippen LogP contribution in [-0.2, 0) is 0 Å². The van der Waals surface area contributed by atoms with Crippen molar-refractivity contribution in [3.05, 3.63) is 291 Å². The van der Waals surface area contributed by atoms with Crippen LogP contribution in [0.25, 0.3) is 135 Å². The molecule has 0 fully saturated rings. The fourth-order valence-corrected chi connectivity index (χ4v) is 10.1. The molecule has 6 heteroatoms. The van der Waals surface area contributed by atoms with Crippen molar-refractivity contribution in [2.24, 2.45) is 0 Å². The molecule has 0 aliphatic carbocycles. The molecule has 6 nitrogen and oxygen atoms in total. The van der Waals surface area contributed by atoms with Gasteiger partial charge in [0.15, 0.2) is 34.9 Å². The highest BCUT2D eigenvalue weighted by Crippen LogP contribution is 2.42. The zero-order valence-corrected chi connectivity index (χ0v) is 42.4. The highest BCUT2D eigenvalue weighted by Gasteiger charge is 2.21. The summed E-state index contributed by atoms with van der Waals surface area (Å²) in [6.45, 7) is 0. The van der Waals surface area contributed by atoms with E-state index >= 15 is 0 Å². The molecule has 13 aromatic rings.